The molecule has 112 valence electrons. The normalized spacial score (nSPS) is 19.0. The molecule has 2 aromatic carbocycles. The van der Waals surface area contributed by atoms with Crippen molar-refractivity contribution >= 4 is 22.6 Å². The Morgan fingerprint density at radius 3 is 2.00 bits per heavy atom. The van der Waals surface area contributed by atoms with E-state index in [1.165, 1.54) is 11.3 Å². The van der Waals surface area contributed by atoms with Crippen LogP contribution in [0.5, 0.6) is 0 Å². The number of amides is 2. The van der Waals surface area contributed by atoms with Crippen molar-refractivity contribution in [2.24, 2.45) is 0 Å². The molecule has 4 rings (SSSR count). The Morgan fingerprint density at radius 1 is 0.818 bits per heavy atom. The second-order valence-electron chi connectivity index (χ2n) is 6.07. The lowest BCUT2D eigenvalue weighted by Crippen LogP contribution is -2.48. The molecule has 0 aliphatic carbocycles. The van der Waals surface area contributed by atoms with E-state index in [-0.39, 0.29) is 11.8 Å². The van der Waals surface area contributed by atoms with Crippen LogP contribution in [0.25, 0.3) is 10.8 Å². The predicted molar refractivity (Wildman–Crippen MR) is 84.7 cm³/mol. The fraction of sp³-hybridized carbons (Fsp3) is 0.333. The number of hydrogen-bond donors (Lipinski definition) is 0. The number of rotatable bonds is 2. The Kier molecular flexibility index (Phi) is 3.19. The van der Waals surface area contributed by atoms with Crippen molar-refractivity contribution in [3.63, 3.8) is 0 Å². The first-order valence-electron chi connectivity index (χ1n) is 7.86. The number of likely N-dealkylation sites (tertiary alicyclic amines) is 1. The molecule has 2 aromatic rings. The highest BCUT2D eigenvalue weighted by atomic mass is 16.2. The van der Waals surface area contributed by atoms with Gasteiger partial charge in [-0.2, -0.15) is 0 Å². The molecule has 4 nitrogen and oxygen atoms in total. The largest absolute Gasteiger partial charge is 0.286 e. The van der Waals surface area contributed by atoms with E-state index in [0.29, 0.717) is 17.8 Å². The minimum atomic E-state index is -0.167. The maximum absolute atomic E-state index is 12.8. The average molecular weight is 294 g/mol. The van der Waals surface area contributed by atoms with Gasteiger partial charge in [0.05, 0.1) is 6.67 Å². The second-order valence-corrected chi connectivity index (χ2v) is 6.07. The summed E-state index contributed by atoms with van der Waals surface area (Å²) in [5.41, 5.74) is 1.29. The molecule has 0 aromatic heterocycles. The maximum Gasteiger partial charge on any atom is 0.262 e. The molecule has 22 heavy (non-hydrogen) atoms. The van der Waals surface area contributed by atoms with Crippen molar-refractivity contribution in [3.8, 4) is 0 Å². The lowest BCUT2D eigenvalue weighted by atomic mass is 9.94. The van der Waals surface area contributed by atoms with Crippen LogP contribution in [0.3, 0.4) is 0 Å². The second kappa shape index (κ2) is 5.21. The zero-order valence-electron chi connectivity index (χ0n) is 12.4. The van der Waals surface area contributed by atoms with Crippen LogP contribution in [0.15, 0.2) is 36.4 Å². The average Bonchev–Trinajstić information content (AvgIpc) is 2.57. The van der Waals surface area contributed by atoms with Gasteiger partial charge in [0.1, 0.15) is 0 Å². The summed E-state index contributed by atoms with van der Waals surface area (Å²) in [5, 5.41) is 1.75. The number of nitrogens with zero attached hydrogens (tertiary/aromatic N) is 2. The molecule has 2 aliphatic heterocycles. The van der Waals surface area contributed by atoms with Gasteiger partial charge in [-0.1, -0.05) is 30.7 Å². The summed E-state index contributed by atoms with van der Waals surface area (Å²) < 4.78 is 0. The molecule has 0 unspecified atom stereocenters. The third kappa shape index (κ3) is 2.03. The molecule has 0 spiro atoms. The van der Waals surface area contributed by atoms with E-state index in [9.17, 15) is 9.59 Å². The minimum absolute atomic E-state index is 0.167. The molecule has 2 heterocycles. The monoisotopic (exact) mass is 294 g/mol. The van der Waals surface area contributed by atoms with Gasteiger partial charge in [0.25, 0.3) is 11.8 Å². The summed E-state index contributed by atoms with van der Waals surface area (Å²) in [6.07, 6.45) is 3.52. The van der Waals surface area contributed by atoms with Crippen molar-refractivity contribution < 1.29 is 9.59 Å². The van der Waals surface area contributed by atoms with Crippen molar-refractivity contribution in [2.75, 3.05) is 19.8 Å². The molecule has 0 atom stereocenters. The fourth-order valence-electron chi connectivity index (χ4n) is 3.51. The smallest absolute Gasteiger partial charge is 0.262 e. The molecule has 0 bridgehead atoms. The Labute approximate surface area is 129 Å². The maximum atomic E-state index is 12.8. The van der Waals surface area contributed by atoms with Crippen LogP contribution in [0.2, 0.25) is 0 Å². The molecule has 2 aliphatic rings. The summed E-state index contributed by atoms with van der Waals surface area (Å²) in [6, 6.07) is 11.3. The van der Waals surface area contributed by atoms with Crippen LogP contribution in [-0.4, -0.2) is 41.4 Å². The van der Waals surface area contributed by atoms with Gasteiger partial charge in [0.15, 0.2) is 0 Å². The van der Waals surface area contributed by atoms with E-state index >= 15 is 0 Å². The molecule has 0 radical (unpaired) electrons. The Hall–Kier alpha value is -2.20. The zero-order valence-corrected chi connectivity index (χ0v) is 12.4. The highest BCUT2D eigenvalue weighted by molar-refractivity contribution is 6.25. The summed E-state index contributed by atoms with van der Waals surface area (Å²) in [6.45, 7) is 2.33. The number of carbonyl (C=O) groups is 2. The zero-order chi connectivity index (χ0) is 15.1. The van der Waals surface area contributed by atoms with Gasteiger partial charge in [0.2, 0.25) is 0 Å². The van der Waals surface area contributed by atoms with Gasteiger partial charge in [-0.15, -0.1) is 0 Å². The van der Waals surface area contributed by atoms with E-state index in [0.717, 1.165) is 36.7 Å². The summed E-state index contributed by atoms with van der Waals surface area (Å²) in [5.74, 6) is -0.334. The lowest BCUT2D eigenvalue weighted by molar-refractivity contribution is 0.0475. The molecule has 1 fully saturated rings. The molecule has 0 saturated carbocycles. The topological polar surface area (TPSA) is 40.6 Å². The lowest BCUT2D eigenvalue weighted by Gasteiger charge is -2.34. The third-order valence-electron chi connectivity index (χ3n) is 4.65. The molecule has 0 N–H and O–H groups in total. The van der Waals surface area contributed by atoms with Gasteiger partial charge < -0.3 is 0 Å². The molecule has 2 amide bonds. The standard InChI is InChI=1S/C18H18N2O2/c21-17-14-8-4-6-13-7-5-9-15(16(13)14)18(22)20(17)12-19-10-2-1-3-11-19/h4-9H,1-3,10-12H2. The van der Waals surface area contributed by atoms with Crippen LogP contribution in [0.4, 0.5) is 0 Å². The molecular formula is C18H18N2O2. The van der Waals surface area contributed by atoms with E-state index < -0.39 is 0 Å². The predicted octanol–water partition coefficient (Wildman–Crippen LogP) is 2.88. The molecule has 1 saturated heterocycles. The number of imide groups is 1. The highest BCUT2D eigenvalue weighted by Gasteiger charge is 2.33. The third-order valence-corrected chi connectivity index (χ3v) is 4.65. The number of benzene rings is 2. The Morgan fingerprint density at radius 2 is 1.41 bits per heavy atom. The number of carbonyl (C=O) groups excluding carboxylic acids is 2. The van der Waals surface area contributed by atoms with Gasteiger partial charge >= 0.3 is 0 Å². The van der Waals surface area contributed by atoms with Crippen molar-refractivity contribution in [1.29, 1.82) is 0 Å². The van der Waals surface area contributed by atoms with Gasteiger partial charge in [-0.05, 0) is 43.5 Å². The number of hydrogen-bond acceptors (Lipinski definition) is 3. The molecular weight excluding hydrogens is 276 g/mol. The van der Waals surface area contributed by atoms with Gasteiger partial charge in [-0.25, -0.2) is 0 Å². The SMILES string of the molecule is O=C1c2cccc3cccc(c23)C(=O)N1CN1CCCCC1. The first-order chi connectivity index (χ1) is 10.8. The quantitative estimate of drug-likeness (QED) is 0.800. The van der Waals surface area contributed by atoms with Gasteiger partial charge in [-0.3, -0.25) is 19.4 Å². The first kappa shape index (κ1) is 13.5. The van der Waals surface area contributed by atoms with E-state index in [1.54, 1.807) is 0 Å². The Bertz CT molecular complexity index is 712. The van der Waals surface area contributed by atoms with Crippen LogP contribution in [0, 0.1) is 0 Å². The summed E-state index contributed by atoms with van der Waals surface area (Å²) >= 11 is 0. The Balaban J connectivity index is 1.75. The van der Waals surface area contributed by atoms with Crippen molar-refractivity contribution in [3.05, 3.63) is 47.5 Å². The minimum Gasteiger partial charge on any atom is -0.286 e. The van der Waals surface area contributed by atoms with E-state index in [4.69, 9.17) is 0 Å². The van der Waals surface area contributed by atoms with Crippen molar-refractivity contribution in [1.82, 2.24) is 9.80 Å². The van der Waals surface area contributed by atoms with Crippen molar-refractivity contribution in [2.45, 2.75) is 19.3 Å². The highest BCUT2D eigenvalue weighted by Crippen LogP contribution is 2.30. The molecule has 4 heteroatoms. The van der Waals surface area contributed by atoms with Crippen LogP contribution < -0.4 is 0 Å². The summed E-state index contributed by atoms with van der Waals surface area (Å²) in [4.78, 5) is 29.1. The van der Waals surface area contributed by atoms with Crippen LogP contribution in [-0.2, 0) is 0 Å². The summed E-state index contributed by atoms with van der Waals surface area (Å²) in [7, 11) is 0. The van der Waals surface area contributed by atoms with E-state index in [2.05, 4.69) is 4.90 Å². The first-order valence-corrected chi connectivity index (χ1v) is 7.86. The fourth-order valence-corrected chi connectivity index (χ4v) is 3.51. The van der Waals surface area contributed by atoms with E-state index in [1.807, 2.05) is 36.4 Å². The van der Waals surface area contributed by atoms with Crippen LogP contribution in [0.1, 0.15) is 40.0 Å². The number of piperidine rings is 1. The van der Waals surface area contributed by atoms with Crippen LogP contribution >= 0.6 is 0 Å². The van der Waals surface area contributed by atoms with Gasteiger partial charge in [0, 0.05) is 16.5 Å².